The summed E-state index contributed by atoms with van der Waals surface area (Å²) in [6.07, 6.45) is -0.172. The quantitative estimate of drug-likeness (QED) is 0.309. The molecule has 1 aromatic rings. The van der Waals surface area contributed by atoms with Crippen LogP contribution in [0.3, 0.4) is 0 Å². The van der Waals surface area contributed by atoms with Crippen LogP contribution in [0, 0.1) is 12.8 Å². The molecule has 0 aliphatic rings. The second-order valence-corrected chi connectivity index (χ2v) is 7.41. The summed E-state index contributed by atoms with van der Waals surface area (Å²) in [7, 11) is -3.89. The minimum absolute atomic E-state index is 0.0232. The zero-order valence-corrected chi connectivity index (χ0v) is 16.6. The van der Waals surface area contributed by atoms with Crippen molar-refractivity contribution in [3.63, 3.8) is 0 Å². The molecule has 0 saturated carbocycles. The fourth-order valence-corrected chi connectivity index (χ4v) is 3.18. The van der Waals surface area contributed by atoms with E-state index in [4.69, 9.17) is 18.4 Å². The van der Waals surface area contributed by atoms with Crippen LogP contribution in [-0.2, 0) is 33.3 Å². The van der Waals surface area contributed by atoms with Crippen LogP contribution in [-0.4, -0.2) is 47.1 Å². The van der Waals surface area contributed by atoms with E-state index in [1.165, 1.54) is 19.1 Å². The molecule has 0 aliphatic carbocycles. The van der Waals surface area contributed by atoms with Crippen LogP contribution in [0.5, 0.6) is 0 Å². The molecule has 0 aliphatic heterocycles. The molecule has 0 aromatic heterocycles. The first kappa shape index (κ1) is 22.6. The van der Waals surface area contributed by atoms with Gasteiger partial charge in [-0.3, -0.25) is 8.98 Å². The van der Waals surface area contributed by atoms with Crippen molar-refractivity contribution in [2.24, 2.45) is 5.92 Å². The lowest BCUT2D eigenvalue weighted by atomic mass is 10.1. The van der Waals surface area contributed by atoms with E-state index in [2.05, 4.69) is 0 Å². The number of hydrogen-bond donors (Lipinski definition) is 0. The summed E-state index contributed by atoms with van der Waals surface area (Å²) in [4.78, 5) is 11.2. The number of carbonyl (C=O) groups is 1. The predicted molar refractivity (Wildman–Crippen MR) is 96.1 cm³/mol. The van der Waals surface area contributed by atoms with Crippen LogP contribution < -0.4 is 0 Å². The van der Waals surface area contributed by atoms with E-state index in [0.717, 1.165) is 5.56 Å². The van der Waals surface area contributed by atoms with Gasteiger partial charge in [0, 0.05) is 32.5 Å². The highest BCUT2D eigenvalue weighted by Crippen LogP contribution is 2.18. The van der Waals surface area contributed by atoms with Crippen LogP contribution in [0.15, 0.2) is 29.2 Å². The number of ether oxygens (including phenoxy) is 3. The van der Waals surface area contributed by atoms with Crippen LogP contribution in [0.25, 0.3) is 0 Å². The number of benzene rings is 1. The standard InChI is InChI=1S/C18H28O7S/c1-5-22-18(23-6-2)11-16(12-24-15(4)19)13-25-26(20,21)17-9-7-14(3)8-10-17/h7-10,16,18H,5-6,11-13H2,1-4H3. The van der Waals surface area contributed by atoms with Crippen molar-refractivity contribution in [2.75, 3.05) is 26.4 Å². The molecule has 148 valence electrons. The van der Waals surface area contributed by atoms with Crippen molar-refractivity contribution >= 4 is 16.1 Å². The number of esters is 1. The molecule has 0 amide bonds. The van der Waals surface area contributed by atoms with Crippen LogP contribution in [0.1, 0.15) is 32.8 Å². The Labute approximate surface area is 155 Å². The number of hydrogen-bond acceptors (Lipinski definition) is 7. The van der Waals surface area contributed by atoms with Gasteiger partial charge in [-0.1, -0.05) is 17.7 Å². The van der Waals surface area contributed by atoms with Crippen LogP contribution in [0.2, 0.25) is 0 Å². The Morgan fingerprint density at radius 1 is 1.04 bits per heavy atom. The molecule has 7 nitrogen and oxygen atoms in total. The zero-order chi connectivity index (χ0) is 19.6. The molecule has 1 unspecified atom stereocenters. The van der Waals surface area contributed by atoms with E-state index < -0.39 is 22.4 Å². The van der Waals surface area contributed by atoms with E-state index >= 15 is 0 Å². The van der Waals surface area contributed by atoms with Gasteiger partial charge >= 0.3 is 5.97 Å². The number of aryl methyl sites for hydroxylation is 1. The Morgan fingerprint density at radius 3 is 2.12 bits per heavy atom. The number of carbonyl (C=O) groups excluding carboxylic acids is 1. The first-order valence-corrected chi connectivity index (χ1v) is 10.0. The van der Waals surface area contributed by atoms with Gasteiger partial charge in [-0.05, 0) is 32.9 Å². The fraction of sp³-hybridized carbons (Fsp3) is 0.611. The summed E-state index contributed by atoms with van der Waals surface area (Å²) in [6, 6.07) is 6.39. The van der Waals surface area contributed by atoms with Gasteiger partial charge in [0.15, 0.2) is 6.29 Å². The third kappa shape index (κ3) is 8.27. The Morgan fingerprint density at radius 2 is 1.62 bits per heavy atom. The summed E-state index contributed by atoms with van der Waals surface area (Å²) in [5.74, 6) is -0.831. The molecular weight excluding hydrogens is 360 g/mol. The molecule has 1 atom stereocenters. The van der Waals surface area contributed by atoms with Crippen molar-refractivity contribution < 1.29 is 31.6 Å². The minimum Gasteiger partial charge on any atom is -0.465 e. The molecule has 1 rings (SSSR count). The smallest absolute Gasteiger partial charge is 0.302 e. The van der Waals surface area contributed by atoms with Gasteiger partial charge in [0.1, 0.15) is 0 Å². The summed E-state index contributed by atoms with van der Waals surface area (Å²) in [6.45, 7) is 7.63. The monoisotopic (exact) mass is 388 g/mol. The molecule has 1 aromatic carbocycles. The lowest BCUT2D eigenvalue weighted by molar-refractivity contribution is -0.156. The average molecular weight is 388 g/mol. The molecule has 8 heteroatoms. The van der Waals surface area contributed by atoms with Gasteiger partial charge in [0.25, 0.3) is 10.1 Å². The third-order valence-electron chi connectivity index (χ3n) is 3.52. The molecule has 26 heavy (non-hydrogen) atoms. The maximum absolute atomic E-state index is 12.3. The van der Waals surface area contributed by atoms with Gasteiger partial charge in [0.2, 0.25) is 0 Å². The Balaban J connectivity index is 2.76. The van der Waals surface area contributed by atoms with E-state index in [0.29, 0.717) is 19.6 Å². The molecule has 0 heterocycles. The summed E-state index contributed by atoms with van der Waals surface area (Å²) >= 11 is 0. The van der Waals surface area contributed by atoms with Gasteiger partial charge in [-0.25, -0.2) is 0 Å². The van der Waals surface area contributed by atoms with Crippen molar-refractivity contribution in [1.29, 1.82) is 0 Å². The third-order valence-corrected chi connectivity index (χ3v) is 4.82. The normalized spacial score (nSPS) is 13.0. The average Bonchev–Trinajstić information content (AvgIpc) is 2.58. The topological polar surface area (TPSA) is 88.1 Å². The van der Waals surface area contributed by atoms with Crippen molar-refractivity contribution in [2.45, 2.75) is 45.3 Å². The van der Waals surface area contributed by atoms with Crippen molar-refractivity contribution in [3.05, 3.63) is 29.8 Å². The Bertz CT molecular complexity index is 634. The summed E-state index contributed by atoms with van der Waals surface area (Å²) in [5, 5.41) is 0. The first-order valence-electron chi connectivity index (χ1n) is 8.61. The van der Waals surface area contributed by atoms with Gasteiger partial charge in [-0.2, -0.15) is 8.42 Å². The van der Waals surface area contributed by atoms with E-state index in [9.17, 15) is 13.2 Å². The minimum atomic E-state index is -3.89. The highest BCUT2D eigenvalue weighted by atomic mass is 32.2. The highest BCUT2D eigenvalue weighted by molar-refractivity contribution is 7.86. The Hall–Kier alpha value is -1.48. The Kier molecular flexibility index (Phi) is 9.79. The summed E-state index contributed by atoms with van der Waals surface area (Å²) in [5.41, 5.74) is 0.952. The fourth-order valence-electron chi connectivity index (χ4n) is 2.21. The van der Waals surface area contributed by atoms with Crippen LogP contribution in [0.4, 0.5) is 0 Å². The largest absolute Gasteiger partial charge is 0.465 e. The maximum Gasteiger partial charge on any atom is 0.302 e. The molecule has 0 bridgehead atoms. The second-order valence-electron chi connectivity index (χ2n) is 5.80. The molecule has 0 fully saturated rings. The lowest BCUT2D eigenvalue weighted by Gasteiger charge is -2.23. The highest BCUT2D eigenvalue weighted by Gasteiger charge is 2.23. The maximum atomic E-state index is 12.3. The lowest BCUT2D eigenvalue weighted by Crippen LogP contribution is -2.28. The van der Waals surface area contributed by atoms with Gasteiger partial charge in [0.05, 0.1) is 18.1 Å². The molecule has 0 saturated heterocycles. The second kappa shape index (κ2) is 11.3. The SMILES string of the molecule is CCOC(CC(COC(C)=O)COS(=O)(=O)c1ccc(C)cc1)OCC. The van der Waals surface area contributed by atoms with Gasteiger partial charge in [-0.15, -0.1) is 0 Å². The predicted octanol–water partition coefficient (Wildman–Crippen LogP) is 2.67. The molecule has 0 spiro atoms. The molecule has 0 N–H and O–H groups in total. The molecule has 0 radical (unpaired) electrons. The van der Waals surface area contributed by atoms with Crippen LogP contribution >= 0.6 is 0 Å². The van der Waals surface area contributed by atoms with Crippen molar-refractivity contribution in [3.8, 4) is 0 Å². The zero-order valence-electron chi connectivity index (χ0n) is 15.8. The van der Waals surface area contributed by atoms with E-state index in [-0.39, 0.29) is 24.0 Å². The van der Waals surface area contributed by atoms with E-state index in [1.54, 1.807) is 12.1 Å². The van der Waals surface area contributed by atoms with Crippen molar-refractivity contribution in [1.82, 2.24) is 0 Å². The number of rotatable bonds is 12. The first-order chi connectivity index (χ1) is 12.3. The molecular formula is C18H28O7S. The van der Waals surface area contributed by atoms with E-state index in [1.807, 2.05) is 20.8 Å². The van der Waals surface area contributed by atoms with Gasteiger partial charge < -0.3 is 14.2 Å². The summed E-state index contributed by atoms with van der Waals surface area (Å²) < 4.78 is 45.8.